The fraction of sp³-hybridized carbons (Fsp3) is 0.714. The van der Waals surface area contributed by atoms with Crippen molar-refractivity contribution in [1.29, 1.82) is 0 Å². The number of carbonyl (C=O) groups is 1. The maximum Gasteiger partial charge on any atom is 0.272 e. The summed E-state index contributed by atoms with van der Waals surface area (Å²) in [7, 11) is 1.81. The molecule has 20 heavy (non-hydrogen) atoms. The lowest BCUT2D eigenvalue weighted by Gasteiger charge is -2.21. The topological polar surface area (TPSA) is 67.4 Å². The minimum atomic E-state index is 0.0915. The maximum atomic E-state index is 12.4. The minimum Gasteiger partial charge on any atom is -0.336 e. The number of aromatic nitrogens is 2. The van der Waals surface area contributed by atoms with E-state index < -0.39 is 0 Å². The zero-order chi connectivity index (χ0) is 14.4. The summed E-state index contributed by atoms with van der Waals surface area (Å²) in [6.07, 6.45) is 4.93. The highest BCUT2D eigenvalue weighted by Crippen LogP contribution is 2.09. The van der Waals surface area contributed by atoms with Crippen LogP contribution in [0.2, 0.25) is 0 Å². The Morgan fingerprint density at radius 2 is 2.15 bits per heavy atom. The Bertz CT molecular complexity index is 431. The van der Waals surface area contributed by atoms with Gasteiger partial charge in [0.1, 0.15) is 5.69 Å². The Hall–Kier alpha value is -1.40. The first-order valence-electron chi connectivity index (χ1n) is 7.42. The van der Waals surface area contributed by atoms with Crippen molar-refractivity contribution in [2.45, 2.75) is 19.3 Å². The molecular weight excluding hydrogens is 254 g/mol. The van der Waals surface area contributed by atoms with Crippen molar-refractivity contribution >= 4 is 5.91 Å². The average molecular weight is 279 g/mol. The lowest BCUT2D eigenvalue weighted by atomic mass is 10.3. The molecule has 6 heteroatoms. The van der Waals surface area contributed by atoms with Gasteiger partial charge in [0, 0.05) is 32.9 Å². The van der Waals surface area contributed by atoms with Gasteiger partial charge >= 0.3 is 0 Å². The number of rotatable bonds is 5. The summed E-state index contributed by atoms with van der Waals surface area (Å²) in [5.74, 6) is 0.0915. The molecule has 0 aliphatic carbocycles. The molecule has 1 aliphatic heterocycles. The lowest BCUT2D eigenvalue weighted by Crippen LogP contribution is -2.36. The Kier molecular flexibility index (Phi) is 5.55. The Balaban J connectivity index is 1.86. The van der Waals surface area contributed by atoms with E-state index in [0.29, 0.717) is 5.69 Å². The third kappa shape index (κ3) is 3.80. The molecule has 1 aromatic heterocycles. The first-order valence-corrected chi connectivity index (χ1v) is 7.42. The van der Waals surface area contributed by atoms with Gasteiger partial charge in [-0.3, -0.25) is 9.48 Å². The van der Waals surface area contributed by atoms with Gasteiger partial charge in [0.05, 0.1) is 0 Å². The van der Waals surface area contributed by atoms with E-state index >= 15 is 0 Å². The number of amides is 1. The Labute approximate surface area is 120 Å². The predicted octanol–water partition coefficient (Wildman–Crippen LogP) is 0.307. The normalized spacial score (nSPS) is 17.2. The molecule has 0 bridgehead atoms. The lowest BCUT2D eigenvalue weighted by molar-refractivity contribution is 0.0750. The summed E-state index contributed by atoms with van der Waals surface area (Å²) in [5.41, 5.74) is 6.19. The van der Waals surface area contributed by atoms with Crippen LogP contribution in [0.1, 0.15) is 29.8 Å². The van der Waals surface area contributed by atoms with Crippen LogP contribution in [0, 0.1) is 0 Å². The largest absolute Gasteiger partial charge is 0.336 e. The van der Waals surface area contributed by atoms with E-state index in [1.54, 1.807) is 16.9 Å². The number of nitrogens with zero attached hydrogens (tertiary/aromatic N) is 4. The van der Waals surface area contributed by atoms with Gasteiger partial charge in [-0.15, -0.1) is 0 Å². The van der Waals surface area contributed by atoms with Crippen LogP contribution in [0.4, 0.5) is 0 Å². The quantitative estimate of drug-likeness (QED) is 0.788. The van der Waals surface area contributed by atoms with Gasteiger partial charge < -0.3 is 15.5 Å². The summed E-state index contributed by atoms with van der Waals surface area (Å²) < 4.78 is 1.65. The van der Waals surface area contributed by atoms with Crippen molar-refractivity contribution in [2.75, 3.05) is 39.3 Å². The summed E-state index contributed by atoms with van der Waals surface area (Å²) in [5, 5.41) is 4.07. The fourth-order valence-electron chi connectivity index (χ4n) is 2.62. The molecule has 6 nitrogen and oxygen atoms in total. The molecule has 0 unspecified atom stereocenters. The Morgan fingerprint density at radius 3 is 2.85 bits per heavy atom. The van der Waals surface area contributed by atoms with E-state index in [0.717, 1.165) is 58.5 Å². The maximum absolute atomic E-state index is 12.4. The molecule has 2 heterocycles. The summed E-state index contributed by atoms with van der Waals surface area (Å²) >= 11 is 0. The van der Waals surface area contributed by atoms with E-state index in [1.165, 1.54) is 0 Å². The zero-order valence-electron chi connectivity index (χ0n) is 12.3. The monoisotopic (exact) mass is 279 g/mol. The molecule has 0 saturated carbocycles. The number of unbranched alkanes of at least 4 members (excludes halogenated alkanes) is 1. The van der Waals surface area contributed by atoms with E-state index in [9.17, 15) is 4.79 Å². The SMILES string of the molecule is Cn1nccc1C(=O)N1CCCN(CCCCN)CC1. The fourth-order valence-corrected chi connectivity index (χ4v) is 2.62. The molecule has 0 radical (unpaired) electrons. The third-order valence-electron chi connectivity index (χ3n) is 3.84. The molecule has 0 atom stereocenters. The predicted molar refractivity (Wildman–Crippen MR) is 78.5 cm³/mol. The van der Waals surface area contributed by atoms with Crippen LogP contribution >= 0.6 is 0 Å². The highest BCUT2D eigenvalue weighted by Gasteiger charge is 2.21. The second kappa shape index (κ2) is 7.40. The van der Waals surface area contributed by atoms with Crippen molar-refractivity contribution in [3.8, 4) is 0 Å². The van der Waals surface area contributed by atoms with Gasteiger partial charge in [0.2, 0.25) is 0 Å². The first kappa shape index (κ1) is 15.0. The molecule has 2 rings (SSSR count). The van der Waals surface area contributed by atoms with Crippen molar-refractivity contribution < 1.29 is 4.79 Å². The molecule has 1 aliphatic rings. The van der Waals surface area contributed by atoms with E-state index in [2.05, 4.69) is 10.00 Å². The molecule has 1 aromatic rings. The van der Waals surface area contributed by atoms with Crippen molar-refractivity contribution in [1.82, 2.24) is 19.6 Å². The van der Waals surface area contributed by atoms with Crippen LogP contribution < -0.4 is 5.73 Å². The van der Waals surface area contributed by atoms with E-state index in [1.807, 2.05) is 11.9 Å². The van der Waals surface area contributed by atoms with Gasteiger partial charge in [-0.25, -0.2) is 0 Å². The van der Waals surface area contributed by atoms with Gasteiger partial charge in [-0.1, -0.05) is 0 Å². The van der Waals surface area contributed by atoms with Crippen LogP contribution in [0.3, 0.4) is 0 Å². The first-order chi connectivity index (χ1) is 9.72. The van der Waals surface area contributed by atoms with Crippen LogP contribution in [0.15, 0.2) is 12.3 Å². The molecule has 0 aromatic carbocycles. The van der Waals surface area contributed by atoms with Gasteiger partial charge in [-0.2, -0.15) is 5.10 Å². The van der Waals surface area contributed by atoms with E-state index in [-0.39, 0.29) is 5.91 Å². The highest BCUT2D eigenvalue weighted by molar-refractivity contribution is 5.92. The van der Waals surface area contributed by atoms with Crippen molar-refractivity contribution in [3.63, 3.8) is 0 Å². The van der Waals surface area contributed by atoms with Gasteiger partial charge in [0.25, 0.3) is 5.91 Å². The van der Waals surface area contributed by atoms with Crippen LogP contribution in [0.5, 0.6) is 0 Å². The standard InChI is InChI=1S/C14H25N5O/c1-17-13(5-7-16-17)14(20)19-10-4-9-18(11-12-19)8-3-2-6-15/h5,7H,2-4,6,8-12,15H2,1H3. The Morgan fingerprint density at radius 1 is 1.30 bits per heavy atom. The summed E-state index contributed by atoms with van der Waals surface area (Å²) in [4.78, 5) is 16.8. The van der Waals surface area contributed by atoms with Crippen molar-refractivity contribution in [3.05, 3.63) is 18.0 Å². The smallest absolute Gasteiger partial charge is 0.272 e. The molecular formula is C14H25N5O. The molecule has 1 fully saturated rings. The van der Waals surface area contributed by atoms with Gasteiger partial charge in [0.15, 0.2) is 0 Å². The molecule has 112 valence electrons. The highest BCUT2D eigenvalue weighted by atomic mass is 16.2. The molecule has 1 amide bonds. The number of hydrogen-bond donors (Lipinski definition) is 1. The van der Waals surface area contributed by atoms with Crippen LogP contribution in [-0.2, 0) is 7.05 Å². The molecule has 2 N–H and O–H groups in total. The molecule has 0 spiro atoms. The molecule has 1 saturated heterocycles. The zero-order valence-corrected chi connectivity index (χ0v) is 12.3. The average Bonchev–Trinajstić information content (AvgIpc) is 2.73. The third-order valence-corrected chi connectivity index (χ3v) is 3.84. The van der Waals surface area contributed by atoms with Gasteiger partial charge in [-0.05, 0) is 45.0 Å². The summed E-state index contributed by atoms with van der Waals surface area (Å²) in [6.45, 7) is 5.50. The number of aryl methyl sites for hydroxylation is 1. The second-order valence-electron chi connectivity index (χ2n) is 5.32. The van der Waals surface area contributed by atoms with Crippen LogP contribution in [0.25, 0.3) is 0 Å². The van der Waals surface area contributed by atoms with Crippen LogP contribution in [-0.4, -0.2) is 64.8 Å². The van der Waals surface area contributed by atoms with Crippen molar-refractivity contribution in [2.24, 2.45) is 12.8 Å². The number of hydrogen-bond acceptors (Lipinski definition) is 4. The number of nitrogens with two attached hydrogens (primary N) is 1. The minimum absolute atomic E-state index is 0.0915. The summed E-state index contributed by atoms with van der Waals surface area (Å²) in [6, 6.07) is 1.78. The number of carbonyl (C=O) groups excluding carboxylic acids is 1. The second-order valence-corrected chi connectivity index (χ2v) is 5.32. The van der Waals surface area contributed by atoms with E-state index in [4.69, 9.17) is 5.73 Å².